The molecule has 1 aliphatic carbocycles. The van der Waals surface area contributed by atoms with Gasteiger partial charge >= 0.3 is 12.1 Å². The molecule has 8 rings (SSSR count). The lowest BCUT2D eigenvalue weighted by Crippen LogP contribution is -2.47. The van der Waals surface area contributed by atoms with E-state index in [0.717, 1.165) is 40.4 Å². The van der Waals surface area contributed by atoms with Crippen molar-refractivity contribution in [2.75, 3.05) is 46.4 Å². The second kappa shape index (κ2) is 20.3. The minimum Gasteiger partial charge on any atom is -0.496 e. The number of methoxy groups -OCH3 is 2. The number of pyridine rings is 1. The highest BCUT2D eigenvalue weighted by Crippen LogP contribution is 2.41. The van der Waals surface area contributed by atoms with Crippen molar-refractivity contribution in [1.82, 2.24) is 34.5 Å². The third-order valence-corrected chi connectivity index (χ3v) is 13.2. The zero-order valence-electron chi connectivity index (χ0n) is 40.3. The zero-order chi connectivity index (χ0) is 49.3. The van der Waals surface area contributed by atoms with Gasteiger partial charge in [0.15, 0.2) is 11.6 Å². The average molecular weight is 951 g/mol. The number of benzene rings is 3. The second-order valence-electron chi connectivity index (χ2n) is 19.0. The summed E-state index contributed by atoms with van der Waals surface area (Å²) in [5.41, 5.74) is 4.73. The van der Waals surface area contributed by atoms with E-state index in [9.17, 15) is 28.6 Å². The van der Waals surface area contributed by atoms with Gasteiger partial charge in [-0.25, -0.2) is 33.1 Å². The molecule has 2 atom stereocenters. The minimum atomic E-state index is -3.07. The van der Waals surface area contributed by atoms with Crippen molar-refractivity contribution in [3.63, 3.8) is 0 Å². The normalized spacial score (nSPS) is 18.9. The van der Waals surface area contributed by atoms with E-state index in [4.69, 9.17) is 29.0 Å². The van der Waals surface area contributed by atoms with Gasteiger partial charge in [-0.15, -0.1) is 0 Å². The number of halogens is 2. The highest BCUT2D eigenvalue weighted by Gasteiger charge is 2.33. The highest BCUT2D eigenvalue weighted by molar-refractivity contribution is 6.05. The van der Waals surface area contributed by atoms with Crippen LogP contribution in [0.2, 0.25) is 0 Å². The van der Waals surface area contributed by atoms with E-state index in [1.807, 2.05) is 57.4 Å². The molecule has 69 heavy (non-hydrogen) atoms. The predicted molar refractivity (Wildman–Crippen MR) is 257 cm³/mol. The van der Waals surface area contributed by atoms with Gasteiger partial charge in [-0.3, -0.25) is 19.6 Å². The number of nitrogens with zero attached hydrogens (tertiary/aromatic N) is 8. The Balaban J connectivity index is 1.17. The van der Waals surface area contributed by atoms with Crippen molar-refractivity contribution in [2.45, 2.75) is 103 Å². The van der Waals surface area contributed by atoms with Gasteiger partial charge < -0.3 is 29.2 Å². The van der Waals surface area contributed by atoms with Crippen LogP contribution < -0.4 is 14.4 Å². The number of carbonyl (C=O) groups excluding carboxylic acids is 1. The topological polar surface area (TPSA) is 178 Å². The molecule has 6 aromatic rings. The van der Waals surface area contributed by atoms with Crippen LogP contribution in [0.25, 0.3) is 38.8 Å². The number of carboxylic acid groups (broad SMARTS) is 1. The van der Waals surface area contributed by atoms with Crippen LogP contribution in [0.1, 0.15) is 81.8 Å². The molecule has 1 saturated heterocycles. The zero-order valence-corrected chi connectivity index (χ0v) is 40.3. The van der Waals surface area contributed by atoms with E-state index in [0.29, 0.717) is 73.0 Å². The number of aliphatic carboxylic acids is 1. The Morgan fingerprint density at radius 3 is 2.26 bits per heavy atom. The number of carbonyl (C=O) groups is 2. The summed E-state index contributed by atoms with van der Waals surface area (Å²) in [6.45, 7) is 8.73. The minimum absolute atomic E-state index is 0.0942. The first-order valence-electron chi connectivity index (χ1n) is 23.1. The fraction of sp³-hybridized carbons (Fsp3) is 0.451. The number of aromatic nitrogens is 5. The fourth-order valence-electron chi connectivity index (χ4n) is 9.68. The van der Waals surface area contributed by atoms with E-state index in [2.05, 4.69) is 19.8 Å². The van der Waals surface area contributed by atoms with Crippen molar-refractivity contribution < 1.29 is 47.5 Å². The average Bonchev–Trinajstić information content (AvgIpc) is 3.76. The number of aliphatic hydroxyl groups excluding tert-OH is 1. The number of hydrogen-bond donors (Lipinski definition) is 2. The first kappa shape index (κ1) is 49.1. The van der Waals surface area contributed by atoms with E-state index in [-0.39, 0.29) is 41.5 Å². The fourth-order valence-corrected chi connectivity index (χ4v) is 9.68. The molecule has 2 N–H and O–H groups in total. The summed E-state index contributed by atoms with van der Waals surface area (Å²) in [6.07, 6.45) is 2.15. The molecule has 4 heterocycles. The molecule has 1 aliphatic heterocycles. The van der Waals surface area contributed by atoms with E-state index >= 15 is 0 Å². The summed E-state index contributed by atoms with van der Waals surface area (Å²) in [7, 11) is 7.12. The summed E-state index contributed by atoms with van der Waals surface area (Å²) in [4.78, 5) is 44.8. The molecule has 0 spiro atoms. The number of hydrogen-bond acceptors (Lipinski definition) is 13. The lowest BCUT2D eigenvalue weighted by molar-refractivity contribution is -0.143. The number of rotatable bonds is 14. The Bertz CT molecular complexity index is 2820. The Morgan fingerprint density at radius 1 is 0.913 bits per heavy atom. The van der Waals surface area contributed by atoms with Crippen LogP contribution in [0.15, 0.2) is 67.0 Å². The quantitative estimate of drug-likeness (QED) is 0.106. The van der Waals surface area contributed by atoms with E-state index in [1.54, 1.807) is 70.3 Å². The molecule has 366 valence electrons. The number of likely N-dealkylation sites (N-methyl/N-ethyl adjacent to an activating group) is 1. The van der Waals surface area contributed by atoms with Crippen LogP contribution in [-0.4, -0.2) is 122 Å². The molecule has 18 heteroatoms. The van der Waals surface area contributed by atoms with Crippen molar-refractivity contribution in [3.8, 4) is 28.3 Å². The second-order valence-corrected chi connectivity index (χ2v) is 19.0. The maximum atomic E-state index is 14.8. The number of anilines is 2. The maximum Gasteiger partial charge on any atom is 0.420 e. The van der Waals surface area contributed by atoms with Gasteiger partial charge in [-0.1, -0.05) is 24.3 Å². The number of amides is 1. The lowest BCUT2D eigenvalue weighted by Gasteiger charge is -2.35. The van der Waals surface area contributed by atoms with Crippen molar-refractivity contribution in [2.24, 2.45) is 5.92 Å². The van der Waals surface area contributed by atoms with Gasteiger partial charge in [-0.05, 0) is 114 Å². The lowest BCUT2D eigenvalue weighted by atomic mass is 9.85. The van der Waals surface area contributed by atoms with Crippen LogP contribution >= 0.6 is 0 Å². The molecular formula is C51H60F2N8O8. The molecule has 0 radical (unpaired) electrons. The standard InChI is InChI=1S/C51H60F2N8O8/c1-29-34(35-12-10-14-40-36(35)25-55-61(40)33-22-43(66-7)37(44(23-33)67-8)27-59(6)41-19-20-68-28-42(41)62)11-9-13-39(29)60(50(65)69-51(2,3)4)48-45-38(56-47(57-48)46(52)53)21-30(24-54-45)26-58(5)32-17-15-31(16-18-32)49(63)64/h9-14,21-25,31-32,41-42,46,62H,15-20,26-28H2,1-8H3,(H,63,64)/t31?,32?,41-,42+/m1/s1. The van der Waals surface area contributed by atoms with Crippen molar-refractivity contribution in [1.29, 1.82) is 0 Å². The van der Waals surface area contributed by atoms with Gasteiger partial charge in [0.2, 0.25) is 0 Å². The van der Waals surface area contributed by atoms with Gasteiger partial charge in [0, 0.05) is 55.5 Å². The van der Waals surface area contributed by atoms with Gasteiger partial charge in [0.05, 0.1) is 67.0 Å². The summed E-state index contributed by atoms with van der Waals surface area (Å²) < 4.78 is 54.6. The maximum absolute atomic E-state index is 14.8. The number of fused-ring (bicyclic) bond motifs is 2. The first-order valence-corrected chi connectivity index (χ1v) is 23.1. The van der Waals surface area contributed by atoms with Crippen LogP contribution in [-0.2, 0) is 27.4 Å². The molecule has 1 amide bonds. The molecule has 2 fully saturated rings. The summed E-state index contributed by atoms with van der Waals surface area (Å²) in [5.74, 6) is -0.891. The summed E-state index contributed by atoms with van der Waals surface area (Å²) >= 11 is 0. The smallest absolute Gasteiger partial charge is 0.420 e. The largest absolute Gasteiger partial charge is 0.496 e. The molecule has 0 bridgehead atoms. The Hall–Kier alpha value is -6.34. The molecule has 1 saturated carbocycles. The molecule has 0 unspecified atom stereocenters. The number of alkyl halides is 2. The molecule has 3 aromatic carbocycles. The SMILES string of the molecule is COc1cc(-n2ncc3c(-c4cccc(N(C(=O)OC(C)(C)C)c5nc(C(F)F)nc6cc(CN(C)C7CCC(C(=O)O)CC7)cnc56)c4C)cccc32)cc(OC)c1CN(C)[C@@H]1CCOC[C@@H]1O. The molecule has 2 aliphatic rings. The summed E-state index contributed by atoms with van der Waals surface area (Å²) in [6, 6.07) is 16.8. The van der Waals surface area contributed by atoms with Crippen LogP contribution in [0.3, 0.4) is 0 Å². The third kappa shape index (κ3) is 10.3. The Labute approximate surface area is 399 Å². The van der Waals surface area contributed by atoms with Crippen LogP contribution in [0, 0.1) is 12.8 Å². The number of ether oxygens (including phenoxy) is 4. The first-order chi connectivity index (χ1) is 33.0. The highest BCUT2D eigenvalue weighted by atomic mass is 19.3. The van der Waals surface area contributed by atoms with Gasteiger partial charge in [0.25, 0.3) is 6.43 Å². The summed E-state index contributed by atoms with van der Waals surface area (Å²) in [5, 5.41) is 25.8. The van der Waals surface area contributed by atoms with Gasteiger partial charge in [-0.2, -0.15) is 5.10 Å². The van der Waals surface area contributed by atoms with E-state index in [1.165, 1.54) is 4.90 Å². The molecule has 3 aromatic heterocycles. The molecular weight excluding hydrogens is 891 g/mol. The Morgan fingerprint density at radius 2 is 1.61 bits per heavy atom. The number of carboxylic acids is 1. The third-order valence-electron chi connectivity index (χ3n) is 13.2. The Kier molecular flexibility index (Phi) is 14.5. The van der Waals surface area contributed by atoms with Crippen LogP contribution in [0.4, 0.5) is 25.1 Å². The van der Waals surface area contributed by atoms with Gasteiger partial charge in [0.1, 0.15) is 22.6 Å². The number of aliphatic hydroxyl groups is 1. The molecule has 16 nitrogen and oxygen atoms in total. The van der Waals surface area contributed by atoms with E-state index < -0.39 is 36.0 Å². The van der Waals surface area contributed by atoms with Crippen LogP contribution in [0.5, 0.6) is 11.5 Å². The predicted octanol–water partition coefficient (Wildman–Crippen LogP) is 9.02. The monoisotopic (exact) mass is 950 g/mol. The van der Waals surface area contributed by atoms with Crippen molar-refractivity contribution >= 4 is 45.5 Å². The van der Waals surface area contributed by atoms with Crippen molar-refractivity contribution in [3.05, 3.63) is 89.5 Å².